The van der Waals surface area contributed by atoms with Gasteiger partial charge in [-0.15, -0.1) is 0 Å². The molecular formula is C21H22Cl2N4O3S. The number of hydrogen-bond acceptors (Lipinski definition) is 4. The number of hydrogen-bond donors (Lipinski definition) is 2. The molecule has 0 radical (unpaired) electrons. The maximum absolute atomic E-state index is 12.7. The Morgan fingerprint density at radius 2 is 1.77 bits per heavy atom. The average molecular weight is 481 g/mol. The molecule has 0 aliphatic heterocycles. The van der Waals surface area contributed by atoms with E-state index < -0.39 is 16.1 Å². The molecule has 3 aromatic rings. The lowest BCUT2D eigenvalue weighted by atomic mass is 10.2. The van der Waals surface area contributed by atoms with E-state index in [1.807, 2.05) is 19.9 Å². The number of amides is 1. The fourth-order valence-electron chi connectivity index (χ4n) is 3.16. The summed E-state index contributed by atoms with van der Waals surface area (Å²) >= 11 is 12.3. The van der Waals surface area contributed by atoms with Crippen LogP contribution < -0.4 is 10.0 Å². The van der Waals surface area contributed by atoms with Crippen molar-refractivity contribution >= 4 is 50.5 Å². The average Bonchev–Trinajstić information content (AvgIpc) is 3.03. The van der Waals surface area contributed by atoms with Crippen molar-refractivity contribution in [3.63, 3.8) is 0 Å². The van der Waals surface area contributed by atoms with Crippen LogP contribution in [0.15, 0.2) is 47.4 Å². The summed E-state index contributed by atoms with van der Waals surface area (Å²) in [6.07, 6.45) is 0. The van der Waals surface area contributed by atoms with Gasteiger partial charge in [0.05, 0.1) is 27.0 Å². The lowest BCUT2D eigenvalue weighted by Crippen LogP contribution is -2.25. The van der Waals surface area contributed by atoms with Crippen molar-refractivity contribution in [2.45, 2.75) is 38.6 Å². The summed E-state index contributed by atoms with van der Waals surface area (Å²) in [5.74, 6) is -0.295. The number of nitrogens with zero attached hydrogens (tertiary/aromatic N) is 2. The predicted octanol–water partition coefficient (Wildman–Crippen LogP) is 5.12. The fraction of sp³-hybridized carbons (Fsp3) is 0.238. The van der Waals surface area contributed by atoms with E-state index in [9.17, 15) is 13.2 Å². The van der Waals surface area contributed by atoms with Crippen molar-refractivity contribution in [1.29, 1.82) is 0 Å². The number of sulfonamides is 1. The SMILES string of the molecule is Cc1cc(C)n(C(C)C(=O)Nc2ccc(NS(=O)(=O)c3cccc(Cl)c3C)cc2Cl)n1. The van der Waals surface area contributed by atoms with Gasteiger partial charge in [-0.05, 0) is 69.7 Å². The van der Waals surface area contributed by atoms with E-state index in [0.717, 1.165) is 11.4 Å². The van der Waals surface area contributed by atoms with Gasteiger partial charge in [0, 0.05) is 10.7 Å². The highest BCUT2D eigenvalue weighted by Gasteiger charge is 2.21. The standard InChI is InChI=1S/C21H22Cl2N4O3S/c1-12-10-13(2)27(25-12)15(4)21(28)24-19-9-8-16(11-18(19)23)26-31(29,30)20-7-5-6-17(22)14(20)3/h5-11,15,26H,1-4H3,(H,24,28). The first-order chi connectivity index (χ1) is 14.5. The van der Waals surface area contributed by atoms with Gasteiger partial charge in [-0.2, -0.15) is 5.10 Å². The van der Waals surface area contributed by atoms with Crippen LogP contribution in [0.1, 0.15) is 29.9 Å². The summed E-state index contributed by atoms with van der Waals surface area (Å²) in [5.41, 5.74) is 2.76. The van der Waals surface area contributed by atoms with E-state index in [0.29, 0.717) is 16.3 Å². The molecule has 10 heteroatoms. The number of aryl methyl sites for hydroxylation is 2. The van der Waals surface area contributed by atoms with Crippen LogP contribution in [0.2, 0.25) is 10.0 Å². The van der Waals surface area contributed by atoms with E-state index in [1.54, 1.807) is 30.7 Å². The summed E-state index contributed by atoms with van der Waals surface area (Å²) < 4.78 is 29.6. The third kappa shape index (κ3) is 5.03. The van der Waals surface area contributed by atoms with E-state index in [4.69, 9.17) is 23.2 Å². The maximum atomic E-state index is 12.7. The molecule has 3 rings (SSSR count). The molecule has 0 saturated carbocycles. The predicted molar refractivity (Wildman–Crippen MR) is 123 cm³/mol. The van der Waals surface area contributed by atoms with Crippen LogP contribution in [-0.4, -0.2) is 24.1 Å². The molecule has 1 atom stereocenters. The van der Waals surface area contributed by atoms with Gasteiger partial charge in [0.15, 0.2) is 0 Å². The Kier molecular flexibility index (Phi) is 6.64. The van der Waals surface area contributed by atoms with Crippen molar-refractivity contribution in [2.75, 3.05) is 10.0 Å². The zero-order chi connectivity index (χ0) is 22.9. The van der Waals surface area contributed by atoms with Crippen LogP contribution in [0, 0.1) is 20.8 Å². The highest BCUT2D eigenvalue weighted by atomic mass is 35.5. The van der Waals surface area contributed by atoms with E-state index >= 15 is 0 Å². The topological polar surface area (TPSA) is 93.1 Å². The van der Waals surface area contributed by atoms with Gasteiger partial charge in [0.1, 0.15) is 6.04 Å². The molecule has 1 unspecified atom stereocenters. The second kappa shape index (κ2) is 8.90. The Morgan fingerprint density at radius 1 is 1.06 bits per heavy atom. The zero-order valence-corrected chi connectivity index (χ0v) is 19.7. The summed E-state index contributed by atoms with van der Waals surface area (Å²) in [6, 6.07) is 10.5. The van der Waals surface area contributed by atoms with Gasteiger partial charge in [-0.1, -0.05) is 29.3 Å². The molecule has 0 bridgehead atoms. The molecule has 2 N–H and O–H groups in total. The molecule has 0 saturated heterocycles. The Morgan fingerprint density at radius 3 is 2.39 bits per heavy atom. The first-order valence-corrected chi connectivity index (χ1v) is 11.6. The fourth-order valence-corrected chi connectivity index (χ4v) is 4.93. The van der Waals surface area contributed by atoms with Crippen LogP contribution in [-0.2, 0) is 14.8 Å². The number of rotatable bonds is 6. The quantitative estimate of drug-likeness (QED) is 0.512. The van der Waals surface area contributed by atoms with Gasteiger partial charge in [0.25, 0.3) is 10.0 Å². The second-order valence-corrected chi connectivity index (χ2v) is 9.67. The van der Waals surface area contributed by atoms with Gasteiger partial charge in [-0.3, -0.25) is 14.2 Å². The molecule has 0 fully saturated rings. The van der Waals surface area contributed by atoms with Crippen molar-refractivity contribution in [2.24, 2.45) is 0 Å². The van der Waals surface area contributed by atoms with Crippen LogP contribution >= 0.6 is 23.2 Å². The first kappa shape index (κ1) is 23.1. The third-order valence-electron chi connectivity index (χ3n) is 4.78. The number of carbonyl (C=O) groups is 1. The minimum absolute atomic E-state index is 0.0761. The number of anilines is 2. The minimum atomic E-state index is -3.86. The summed E-state index contributed by atoms with van der Waals surface area (Å²) in [7, 11) is -3.86. The smallest absolute Gasteiger partial charge is 0.262 e. The van der Waals surface area contributed by atoms with Crippen LogP contribution in [0.25, 0.3) is 0 Å². The molecule has 1 heterocycles. The van der Waals surface area contributed by atoms with Gasteiger partial charge in [-0.25, -0.2) is 8.42 Å². The first-order valence-electron chi connectivity index (χ1n) is 9.40. The van der Waals surface area contributed by atoms with E-state index in [-0.39, 0.29) is 21.5 Å². The Hall–Kier alpha value is -2.55. The largest absolute Gasteiger partial charge is 0.323 e. The molecule has 31 heavy (non-hydrogen) atoms. The van der Waals surface area contributed by atoms with Crippen molar-refractivity contribution in [3.05, 3.63) is 69.5 Å². The normalized spacial score (nSPS) is 12.5. The van der Waals surface area contributed by atoms with Crippen molar-refractivity contribution < 1.29 is 13.2 Å². The van der Waals surface area contributed by atoms with Gasteiger partial charge < -0.3 is 5.32 Å². The number of aromatic nitrogens is 2. The highest BCUT2D eigenvalue weighted by Crippen LogP contribution is 2.29. The third-order valence-corrected chi connectivity index (χ3v) is 7.03. The minimum Gasteiger partial charge on any atom is -0.323 e. The Bertz CT molecular complexity index is 1260. The van der Waals surface area contributed by atoms with Crippen molar-refractivity contribution in [1.82, 2.24) is 9.78 Å². The Balaban J connectivity index is 1.78. The van der Waals surface area contributed by atoms with Gasteiger partial charge >= 0.3 is 0 Å². The molecule has 1 aromatic heterocycles. The second-order valence-electron chi connectivity index (χ2n) is 7.20. The summed E-state index contributed by atoms with van der Waals surface area (Å²) in [6.45, 7) is 7.10. The summed E-state index contributed by atoms with van der Waals surface area (Å²) in [5, 5.41) is 7.63. The molecule has 2 aromatic carbocycles. The number of nitrogens with one attached hydrogen (secondary N) is 2. The molecular weight excluding hydrogens is 459 g/mol. The maximum Gasteiger partial charge on any atom is 0.262 e. The Labute approximate surface area is 191 Å². The van der Waals surface area contributed by atoms with Crippen molar-refractivity contribution in [3.8, 4) is 0 Å². The monoisotopic (exact) mass is 480 g/mol. The number of halogens is 2. The number of carbonyl (C=O) groups excluding carboxylic acids is 1. The van der Waals surface area contributed by atoms with Crippen LogP contribution in [0.5, 0.6) is 0 Å². The molecule has 0 aliphatic rings. The lowest BCUT2D eigenvalue weighted by Gasteiger charge is -2.16. The molecule has 7 nitrogen and oxygen atoms in total. The van der Waals surface area contributed by atoms with Crippen LogP contribution in [0.4, 0.5) is 11.4 Å². The van der Waals surface area contributed by atoms with E-state index in [1.165, 1.54) is 24.3 Å². The molecule has 0 aliphatic carbocycles. The molecule has 0 spiro atoms. The highest BCUT2D eigenvalue weighted by molar-refractivity contribution is 7.92. The van der Waals surface area contributed by atoms with Crippen LogP contribution in [0.3, 0.4) is 0 Å². The van der Waals surface area contributed by atoms with Gasteiger partial charge in [0.2, 0.25) is 5.91 Å². The summed E-state index contributed by atoms with van der Waals surface area (Å²) in [4.78, 5) is 12.7. The lowest BCUT2D eigenvalue weighted by molar-refractivity contribution is -0.119. The molecule has 164 valence electrons. The molecule has 1 amide bonds. The van der Waals surface area contributed by atoms with E-state index in [2.05, 4.69) is 15.1 Å². The number of benzene rings is 2. The zero-order valence-electron chi connectivity index (χ0n) is 17.4.